The molecule has 0 unspecified atom stereocenters. The van der Waals surface area contributed by atoms with Crippen LogP contribution in [0.3, 0.4) is 0 Å². The molecule has 8 nitrogen and oxygen atoms in total. The largest absolute Gasteiger partial charge is 0.324 e. The van der Waals surface area contributed by atoms with Crippen molar-refractivity contribution in [1.29, 1.82) is 0 Å². The number of aromatic nitrogens is 7. The predicted octanol–water partition coefficient (Wildman–Crippen LogP) is 3.61. The molecule has 4 aromatic heterocycles. The molecule has 0 bridgehead atoms. The second-order valence-corrected chi connectivity index (χ2v) is 6.60. The molecule has 9 heteroatoms. The Bertz CT molecular complexity index is 1280. The lowest BCUT2D eigenvalue weighted by molar-refractivity contribution is 0.664. The van der Waals surface area contributed by atoms with Gasteiger partial charge in [-0.15, -0.1) is 5.10 Å². The van der Waals surface area contributed by atoms with Gasteiger partial charge in [0.1, 0.15) is 5.82 Å². The Balaban J connectivity index is 1.46. The fourth-order valence-electron chi connectivity index (χ4n) is 2.90. The zero-order chi connectivity index (χ0) is 18.9. The predicted molar refractivity (Wildman–Crippen MR) is 106 cm³/mol. The first kappa shape index (κ1) is 16.5. The van der Waals surface area contributed by atoms with Crippen molar-refractivity contribution in [2.45, 2.75) is 6.54 Å². The molecule has 1 aromatic carbocycles. The highest BCUT2D eigenvalue weighted by molar-refractivity contribution is 6.30. The van der Waals surface area contributed by atoms with Crippen molar-refractivity contribution in [2.75, 3.05) is 5.32 Å². The number of pyridine rings is 2. The van der Waals surface area contributed by atoms with E-state index in [-0.39, 0.29) is 0 Å². The van der Waals surface area contributed by atoms with E-state index in [1.165, 1.54) is 0 Å². The maximum absolute atomic E-state index is 5.87. The molecule has 0 spiro atoms. The second-order valence-electron chi connectivity index (χ2n) is 6.17. The Morgan fingerprint density at radius 3 is 2.82 bits per heavy atom. The van der Waals surface area contributed by atoms with Crippen molar-refractivity contribution in [3.63, 3.8) is 0 Å². The number of fused-ring (bicyclic) bond motifs is 2. The van der Waals surface area contributed by atoms with Crippen molar-refractivity contribution in [3.8, 4) is 0 Å². The van der Waals surface area contributed by atoms with Crippen LogP contribution in [0.5, 0.6) is 0 Å². The van der Waals surface area contributed by atoms with Gasteiger partial charge in [0.05, 0.1) is 23.3 Å². The molecule has 0 aliphatic rings. The normalized spacial score (nSPS) is 11.2. The molecule has 136 valence electrons. The molecule has 0 aliphatic carbocycles. The molecular weight excluding hydrogens is 376 g/mol. The summed E-state index contributed by atoms with van der Waals surface area (Å²) in [5, 5.41) is 13.1. The summed E-state index contributed by atoms with van der Waals surface area (Å²) in [5.41, 5.74) is 3.10. The molecular formula is C19H13ClN8. The number of hydrogen-bond donors (Lipinski definition) is 1. The fraction of sp³-hybridized carbons (Fsp3) is 0.0526. The van der Waals surface area contributed by atoms with Gasteiger partial charge in [-0.3, -0.25) is 4.98 Å². The lowest BCUT2D eigenvalue weighted by atomic mass is 10.1. The highest BCUT2D eigenvalue weighted by Crippen LogP contribution is 2.18. The minimum Gasteiger partial charge on any atom is -0.324 e. The molecule has 0 amide bonds. The van der Waals surface area contributed by atoms with Crippen LogP contribution in [-0.2, 0) is 6.54 Å². The summed E-state index contributed by atoms with van der Waals surface area (Å²) in [7, 11) is 0. The number of nitrogens with zero attached hydrogens (tertiary/aromatic N) is 7. The van der Waals surface area contributed by atoms with Crippen molar-refractivity contribution in [2.24, 2.45) is 0 Å². The van der Waals surface area contributed by atoms with E-state index in [1.54, 1.807) is 35.4 Å². The Labute approximate surface area is 164 Å². The first-order valence-corrected chi connectivity index (χ1v) is 8.91. The third-order valence-electron chi connectivity index (χ3n) is 4.21. The molecule has 0 saturated carbocycles. The van der Waals surface area contributed by atoms with Crippen LogP contribution >= 0.6 is 11.6 Å². The molecule has 0 saturated heterocycles. The van der Waals surface area contributed by atoms with Gasteiger partial charge in [0.25, 0.3) is 0 Å². The topological polar surface area (TPSA) is 94.3 Å². The van der Waals surface area contributed by atoms with E-state index in [9.17, 15) is 0 Å². The lowest BCUT2D eigenvalue weighted by Crippen LogP contribution is -2.04. The van der Waals surface area contributed by atoms with Crippen LogP contribution in [0.2, 0.25) is 5.02 Å². The summed E-state index contributed by atoms with van der Waals surface area (Å²) >= 11 is 5.87. The number of halogens is 1. The van der Waals surface area contributed by atoms with Gasteiger partial charge in [0.15, 0.2) is 11.5 Å². The first-order valence-electron chi connectivity index (χ1n) is 8.53. The van der Waals surface area contributed by atoms with Crippen LogP contribution in [0, 0.1) is 0 Å². The molecule has 1 N–H and O–H groups in total. The zero-order valence-electron chi connectivity index (χ0n) is 14.5. The van der Waals surface area contributed by atoms with Crippen LogP contribution in [0.4, 0.5) is 11.6 Å². The minimum atomic E-state index is 0.483. The molecule has 5 rings (SSSR count). The smallest absolute Gasteiger partial charge is 0.221 e. The van der Waals surface area contributed by atoms with Gasteiger partial charge >= 0.3 is 0 Å². The SMILES string of the molecule is Clc1ccc(Nc2cnc3nnn(Cc4ccc5ncccc5c4)c3n2)nc1. The summed E-state index contributed by atoms with van der Waals surface area (Å²) in [5.74, 6) is 1.17. The maximum atomic E-state index is 5.87. The first-order chi connectivity index (χ1) is 13.7. The average Bonchev–Trinajstić information content (AvgIpc) is 3.12. The van der Waals surface area contributed by atoms with E-state index in [0.29, 0.717) is 34.5 Å². The van der Waals surface area contributed by atoms with E-state index < -0.39 is 0 Å². The minimum absolute atomic E-state index is 0.483. The number of nitrogens with one attached hydrogen (secondary N) is 1. The van der Waals surface area contributed by atoms with Crippen molar-refractivity contribution in [1.82, 2.24) is 34.9 Å². The zero-order valence-corrected chi connectivity index (χ0v) is 15.2. The Kier molecular flexibility index (Phi) is 4.02. The standard InChI is InChI=1S/C19H13ClN8/c20-14-4-6-16(22-9-14)24-17-10-23-18-19(25-17)28(27-26-18)11-12-3-5-15-13(8-12)2-1-7-21-15/h1-10H,11H2,(H,22,24,25). The molecule has 0 fully saturated rings. The molecule has 0 radical (unpaired) electrons. The Morgan fingerprint density at radius 1 is 0.964 bits per heavy atom. The van der Waals surface area contributed by atoms with Gasteiger partial charge < -0.3 is 5.32 Å². The highest BCUT2D eigenvalue weighted by atomic mass is 35.5. The molecule has 5 aromatic rings. The van der Waals surface area contributed by atoms with Gasteiger partial charge in [-0.1, -0.05) is 28.9 Å². The number of rotatable bonds is 4. The Morgan fingerprint density at radius 2 is 1.93 bits per heavy atom. The molecule has 0 atom stereocenters. The lowest BCUT2D eigenvalue weighted by Gasteiger charge is -2.06. The number of benzene rings is 1. The van der Waals surface area contributed by atoms with Crippen molar-refractivity contribution < 1.29 is 0 Å². The van der Waals surface area contributed by atoms with Crippen LogP contribution in [0.1, 0.15) is 5.56 Å². The molecule has 4 heterocycles. The summed E-state index contributed by atoms with van der Waals surface area (Å²) in [6.07, 6.45) is 4.95. The van der Waals surface area contributed by atoms with Crippen molar-refractivity contribution >= 4 is 45.4 Å². The Hall–Kier alpha value is -3.65. The molecule has 0 aliphatic heterocycles. The third kappa shape index (κ3) is 3.21. The van der Waals surface area contributed by atoms with Crippen LogP contribution in [0.15, 0.2) is 61.1 Å². The van der Waals surface area contributed by atoms with Gasteiger partial charge in [0, 0.05) is 17.8 Å². The average molecular weight is 389 g/mol. The third-order valence-corrected chi connectivity index (χ3v) is 4.43. The van der Waals surface area contributed by atoms with Gasteiger partial charge in [-0.2, -0.15) is 0 Å². The second kappa shape index (κ2) is 6.82. The van der Waals surface area contributed by atoms with E-state index in [2.05, 4.69) is 41.6 Å². The highest BCUT2D eigenvalue weighted by Gasteiger charge is 2.10. The maximum Gasteiger partial charge on any atom is 0.221 e. The van der Waals surface area contributed by atoms with E-state index >= 15 is 0 Å². The van der Waals surface area contributed by atoms with E-state index in [4.69, 9.17) is 11.6 Å². The summed E-state index contributed by atoms with van der Waals surface area (Å²) in [6.45, 7) is 0.526. The van der Waals surface area contributed by atoms with E-state index in [0.717, 1.165) is 16.5 Å². The summed E-state index contributed by atoms with van der Waals surface area (Å²) in [4.78, 5) is 17.5. The van der Waals surface area contributed by atoms with Crippen LogP contribution < -0.4 is 5.32 Å². The van der Waals surface area contributed by atoms with Crippen LogP contribution in [-0.4, -0.2) is 34.9 Å². The van der Waals surface area contributed by atoms with Gasteiger partial charge in [-0.05, 0) is 35.9 Å². The summed E-state index contributed by atoms with van der Waals surface area (Å²) < 4.78 is 1.72. The van der Waals surface area contributed by atoms with Crippen molar-refractivity contribution in [3.05, 3.63) is 71.6 Å². The monoisotopic (exact) mass is 388 g/mol. The quantitative estimate of drug-likeness (QED) is 0.502. The summed E-state index contributed by atoms with van der Waals surface area (Å²) in [6, 6.07) is 13.6. The van der Waals surface area contributed by atoms with E-state index in [1.807, 2.05) is 24.3 Å². The van der Waals surface area contributed by atoms with Gasteiger partial charge in [0.2, 0.25) is 5.65 Å². The molecule has 28 heavy (non-hydrogen) atoms. The number of anilines is 2. The number of hydrogen-bond acceptors (Lipinski definition) is 7. The fourth-order valence-corrected chi connectivity index (χ4v) is 3.01. The van der Waals surface area contributed by atoms with Crippen LogP contribution in [0.25, 0.3) is 22.2 Å². The van der Waals surface area contributed by atoms with Gasteiger partial charge in [-0.25, -0.2) is 19.6 Å².